The molecule has 0 unspecified atom stereocenters. The molecule has 1 aliphatic rings. The van der Waals surface area contributed by atoms with Crippen molar-refractivity contribution in [2.24, 2.45) is 0 Å². The van der Waals surface area contributed by atoms with E-state index in [9.17, 15) is 9.90 Å². The Labute approximate surface area is 112 Å². The van der Waals surface area contributed by atoms with Crippen molar-refractivity contribution < 1.29 is 14.4 Å². The fourth-order valence-corrected chi connectivity index (χ4v) is 2.12. The van der Waals surface area contributed by atoms with Gasteiger partial charge in [-0.3, -0.25) is 4.79 Å². The van der Waals surface area contributed by atoms with Gasteiger partial charge >= 0.3 is 0 Å². The first-order valence-corrected chi connectivity index (χ1v) is 6.84. The molecule has 0 bridgehead atoms. The molecule has 0 saturated carbocycles. The van der Waals surface area contributed by atoms with Crippen LogP contribution in [0.15, 0.2) is 4.52 Å². The van der Waals surface area contributed by atoms with E-state index in [0.717, 1.165) is 0 Å². The fraction of sp³-hybridized carbons (Fsp3) is 0.769. The maximum Gasteiger partial charge on any atom is 0.226 e. The van der Waals surface area contributed by atoms with Gasteiger partial charge in [0.1, 0.15) is 0 Å². The molecule has 1 aromatic heterocycles. The number of aryl methyl sites for hydroxylation is 1. The fourth-order valence-electron chi connectivity index (χ4n) is 2.12. The summed E-state index contributed by atoms with van der Waals surface area (Å²) >= 11 is 0. The number of nitrogens with zero attached hydrogens (tertiary/aromatic N) is 3. The lowest BCUT2D eigenvalue weighted by Gasteiger charge is -2.14. The number of carbonyl (C=O) groups is 1. The molecule has 0 spiro atoms. The summed E-state index contributed by atoms with van der Waals surface area (Å²) in [6.07, 6.45) is 2.13. The zero-order valence-electron chi connectivity index (χ0n) is 11.5. The van der Waals surface area contributed by atoms with E-state index in [1.807, 2.05) is 13.8 Å². The van der Waals surface area contributed by atoms with Gasteiger partial charge in [0.15, 0.2) is 5.82 Å². The summed E-state index contributed by atoms with van der Waals surface area (Å²) in [6.45, 7) is 5.16. The van der Waals surface area contributed by atoms with Gasteiger partial charge < -0.3 is 14.5 Å². The minimum absolute atomic E-state index is 0.0974. The second kappa shape index (κ2) is 6.14. The largest absolute Gasteiger partial charge is 0.391 e. The average Bonchev–Trinajstić information content (AvgIpc) is 2.98. The van der Waals surface area contributed by atoms with Gasteiger partial charge in [-0.1, -0.05) is 19.0 Å². The highest BCUT2D eigenvalue weighted by molar-refractivity contribution is 5.76. The number of likely N-dealkylation sites (tertiary alicyclic amines) is 1. The number of β-amino-alcohol motifs (C(OH)–C–C–N with tert-alkyl or cyclic N) is 1. The van der Waals surface area contributed by atoms with Crippen molar-refractivity contribution in [1.29, 1.82) is 0 Å². The van der Waals surface area contributed by atoms with Gasteiger partial charge in [-0.25, -0.2) is 0 Å². The molecular weight excluding hydrogens is 246 g/mol. The smallest absolute Gasteiger partial charge is 0.226 e. The van der Waals surface area contributed by atoms with E-state index in [-0.39, 0.29) is 17.9 Å². The molecule has 6 heteroatoms. The zero-order valence-corrected chi connectivity index (χ0v) is 11.5. The molecule has 1 amide bonds. The highest BCUT2D eigenvalue weighted by atomic mass is 16.5. The molecular formula is C13H21N3O3. The molecule has 6 nitrogen and oxygen atoms in total. The number of amides is 1. The number of hydrogen-bond donors (Lipinski definition) is 1. The summed E-state index contributed by atoms with van der Waals surface area (Å²) in [6, 6.07) is 0. The second-order valence-corrected chi connectivity index (χ2v) is 5.34. The minimum Gasteiger partial charge on any atom is -0.391 e. The first kappa shape index (κ1) is 14.0. The molecule has 1 aromatic rings. The topological polar surface area (TPSA) is 79.5 Å². The third-order valence-corrected chi connectivity index (χ3v) is 3.30. The molecule has 0 aromatic carbocycles. The molecule has 1 fully saturated rings. The number of rotatable bonds is 5. The van der Waals surface area contributed by atoms with Gasteiger partial charge in [0.25, 0.3) is 0 Å². The minimum atomic E-state index is -0.353. The average molecular weight is 267 g/mol. The lowest BCUT2D eigenvalue weighted by Crippen LogP contribution is -2.29. The molecule has 2 heterocycles. The Hall–Kier alpha value is -1.43. The van der Waals surface area contributed by atoms with E-state index < -0.39 is 0 Å². The van der Waals surface area contributed by atoms with E-state index in [1.165, 1.54) is 0 Å². The van der Waals surface area contributed by atoms with Crippen LogP contribution in [0.2, 0.25) is 0 Å². The van der Waals surface area contributed by atoms with Crippen molar-refractivity contribution in [3.63, 3.8) is 0 Å². The summed E-state index contributed by atoms with van der Waals surface area (Å²) in [4.78, 5) is 17.8. The van der Waals surface area contributed by atoms with E-state index in [4.69, 9.17) is 4.52 Å². The van der Waals surface area contributed by atoms with Crippen LogP contribution in [0.3, 0.4) is 0 Å². The monoisotopic (exact) mass is 267 g/mol. The highest BCUT2D eigenvalue weighted by Gasteiger charge is 2.24. The van der Waals surface area contributed by atoms with Gasteiger partial charge in [-0.15, -0.1) is 0 Å². The summed E-state index contributed by atoms with van der Waals surface area (Å²) in [5, 5.41) is 13.3. The predicted octanol–water partition coefficient (Wildman–Crippen LogP) is 1.11. The van der Waals surface area contributed by atoms with Crippen LogP contribution in [0.4, 0.5) is 0 Å². The van der Waals surface area contributed by atoms with Crippen molar-refractivity contribution in [3.05, 3.63) is 11.7 Å². The molecule has 1 N–H and O–H groups in total. The predicted molar refractivity (Wildman–Crippen MR) is 68.5 cm³/mol. The zero-order chi connectivity index (χ0) is 13.8. The van der Waals surface area contributed by atoms with E-state index >= 15 is 0 Å². The van der Waals surface area contributed by atoms with Crippen molar-refractivity contribution in [1.82, 2.24) is 15.0 Å². The van der Waals surface area contributed by atoms with Gasteiger partial charge in [-0.2, -0.15) is 4.98 Å². The maximum atomic E-state index is 11.8. The van der Waals surface area contributed by atoms with Crippen LogP contribution in [-0.2, 0) is 11.2 Å². The van der Waals surface area contributed by atoms with Gasteiger partial charge in [0, 0.05) is 31.8 Å². The number of aliphatic hydroxyl groups excluding tert-OH is 1. The third kappa shape index (κ3) is 3.76. The quantitative estimate of drug-likeness (QED) is 0.864. The van der Waals surface area contributed by atoms with Gasteiger partial charge in [0.05, 0.1) is 6.10 Å². The van der Waals surface area contributed by atoms with Crippen molar-refractivity contribution >= 4 is 5.91 Å². The summed E-state index contributed by atoms with van der Waals surface area (Å²) in [7, 11) is 0. The molecule has 1 atom stereocenters. The summed E-state index contributed by atoms with van der Waals surface area (Å²) in [5.74, 6) is 1.66. The number of carbonyl (C=O) groups excluding carboxylic acids is 1. The van der Waals surface area contributed by atoms with Crippen molar-refractivity contribution in [2.45, 2.75) is 51.6 Å². The van der Waals surface area contributed by atoms with Gasteiger partial charge in [0.2, 0.25) is 11.8 Å². The third-order valence-electron chi connectivity index (χ3n) is 3.30. The Balaban J connectivity index is 1.72. The molecule has 2 rings (SSSR count). The van der Waals surface area contributed by atoms with Crippen molar-refractivity contribution in [2.75, 3.05) is 13.1 Å². The van der Waals surface area contributed by atoms with E-state index in [2.05, 4.69) is 10.1 Å². The van der Waals surface area contributed by atoms with Crippen LogP contribution in [0.25, 0.3) is 0 Å². The molecule has 1 saturated heterocycles. The Bertz CT molecular complexity index is 431. The Morgan fingerprint density at radius 2 is 2.37 bits per heavy atom. The number of aliphatic hydroxyl groups is 1. The molecule has 1 aliphatic heterocycles. The Morgan fingerprint density at radius 1 is 1.58 bits per heavy atom. The Morgan fingerprint density at radius 3 is 2.95 bits per heavy atom. The van der Waals surface area contributed by atoms with Crippen LogP contribution in [0, 0.1) is 0 Å². The normalized spacial score (nSPS) is 19.4. The van der Waals surface area contributed by atoms with Crippen LogP contribution < -0.4 is 0 Å². The van der Waals surface area contributed by atoms with Gasteiger partial charge in [-0.05, 0) is 12.8 Å². The van der Waals surface area contributed by atoms with E-state index in [0.29, 0.717) is 50.5 Å². The first-order valence-electron chi connectivity index (χ1n) is 6.84. The molecule has 19 heavy (non-hydrogen) atoms. The standard InChI is InChI=1S/C13H21N3O3/c1-9(2)13-14-11(19-15-13)4-3-5-12(18)16-7-6-10(17)8-16/h9-10,17H,3-8H2,1-2H3/t10-/m1/s1. The SMILES string of the molecule is CC(C)c1noc(CCCC(=O)N2CC[C@@H](O)C2)n1. The van der Waals surface area contributed by atoms with Crippen LogP contribution >= 0.6 is 0 Å². The molecule has 106 valence electrons. The van der Waals surface area contributed by atoms with Crippen molar-refractivity contribution in [3.8, 4) is 0 Å². The second-order valence-electron chi connectivity index (χ2n) is 5.34. The highest BCUT2D eigenvalue weighted by Crippen LogP contribution is 2.13. The first-order chi connectivity index (χ1) is 9.06. The maximum absolute atomic E-state index is 11.8. The molecule has 0 radical (unpaired) electrons. The van der Waals surface area contributed by atoms with Crippen LogP contribution in [0.1, 0.15) is 50.7 Å². The number of aromatic nitrogens is 2. The van der Waals surface area contributed by atoms with Crippen LogP contribution in [0.5, 0.6) is 0 Å². The summed E-state index contributed by atoms with van der Waals surface area (Å²) < 4.78 is 5.12. The van der Waals surface area contributed by atoms with Crippen LogP contribution in [-0.4, -0.2) is 45.2 Å². The Kier molecular flexibility index (Phi) is 4.52. The van der Waals surface area contributed by atoms with E-state index in [1.54, 1.807) is 4.90 Å². The molecule has 0 aliphatic carbocycles. The lowest BCUT2D eigenvalue weighted by atomic mass is 10.2. The number of hydrogen-bond acceptors (Lipinski definition) is 5. The lowest BCUT2D eigenvalue weighted by molar-refractivity contribution is -0.130. The summed E-state index contributed by atoms with van der Waals surface area (Å²) in [5.41, 5.74) is 0.